The number of rotatable bonds is 6. The van der Waals surface area contributed by atoms with Gasteiger partial charge in [0.1, 0.15) is 0 Å². The zero-order chi connectivity index (χ0) is 10.2. The van der Waals surface area contributed by atoms with E-state index < -0.39 is 0 Å². The summed E-state index contributed by atoms with van der Waals surface area (Å²) < 4.78 is 0. The Morgan fingerprint density at radius 1 is 1.07 bits per heavy atom. The van der Waals surface area contributed by atoms with E-state index in [0.717, 1.165) is 25.6 Å². The van der Waals surface area contributed by atoms with E-state index in [1.807, 2.05) is 0 Å². The maximum Gasteiger partial charge on any atom is 0.00957 e. The fourth-order valence-electron chi connectivity index (χ4n) is 2.33. The average Bonchev–Trinajstić information content (AvgIpc) is 2.24. The number of hydrogen-bond acceptors (Lipinski definition) is 3. The van der Waals surface area contributed by atoms with Crippen LogP contribution in [0, 0.1) is 0 Å². The molecule has 1 aliphatic rings. The van der Waals surface area contributed by atoms with Crippen molar-refractivity contribution >= 4 is 0 Å². The summed E-state index contributed by atoms with van der Waals surface area (Å²) in [6, 6.07) is 0.791. The molecule has 0 amide bonds. The third-order valence-corrected chi connectivity index (χ3v) is 3.14. The monoisotopic (exact) mass is 199 g/mol. The van der Waals surface area contributed by atoms with Gasteiger partial charge in [0.25, 0.3) is 0 Å². The topological polar surface area (TPSA) is 55.3 Å². The van der Waals surface area contributed by atoms with Gasteiger partial charge in [-0.15, -0.1) is 0 Å². The summed E-state index contributed by atoms with van der Waals surface area (Å²) in [5.74, 6) is 0. The second kappa shape index (κ2) is 7.21. The summed E-state index contributed by atoms with van der Waals surface area (Å²) >= 11 is 0. The molecule has 3 heteroatoms. The molecule has 14 heavy (non-hydrogen) atoms. The molecule has 0 aromatic rings. The van der Waals surface area contributed by atoms with E-state index in [-0.39, 0.29) is 0 Å². The van der Waals surface area contributed by atoms with Crippen LogP contribution < -0.4 is 11.5 Å². The Morgan fingerprint density at radius 3 is 2.57 bits per heavy atom. The SMILES string of the molecule is NCCCC1CCCCN1CCCN. The van der Waals surface area contributed by atoms with Crippen molar-refractivity contribution in [3.63, 3.8) is 0 Å². The molecular weight excluding hydrogens is 174 g/mol. The van der Waals surface area contributed by atoms with E-state index in [0.29, 0.717) is 0 Å². The van der Waals surface area contributed by atoms with Crippen molar-refractivity contribution in [2.75, 3.05) is 26.2 Å². The molecule has 3 nitrogen and oxygen atoms in total. The normalized spacial score (nSPS) is 24.0. The number of nitrogens with zero attached hydrogens (tertiary/aromatic N) is 1. The number of hydrogen-bond donors (Lipinski definition) is 2. The maximum absolute atomic E-state index is 5.55. The summed E-state index contributed by atoms with van der Waals surface area (Å²) in [5, 5.41) is 0. The molecule has 1 saturated heterocycles. The quantitative estimate of drug-likeness (QED) is 0.669. The Balaban J connectivity index is 2.26. The molecule has 1 fully saturated rings. The molecule has 0 radical (unpaired) electrons. The minimum Gasteiger partial charge on any atom is -0.330 e. The molecule has 4 N–H and O–H groups in total. The van der Waals surface area contributed by atoms with Gasteiger partial charge in [0, 0.05) is 6.04 Å². The fourth-order valence-corrected chi connectivity index (χ4v) is 2.33. The zero-order valence-electron chi connectivity index (χ0n) is 9.25. The van der Waals surface area contributed by atoms with Crippen molar-refractivity contribution in [1.82, 2.24) is 4.90 Å². The van der Waals surface area contributed by atoms with Crippen molar-refractivity contribution in [1.29, 1.82) is 0 Å². The van der Waals surface area contributed by atoms with E-state index in [9.17, 15) is 0 Å². The lowest BCUT2D eigenvalue weighted by molar-refractivity contribution is 0.138. The van der Waals surface area contributed by atoms with E-state index >= 15 is 0 Å². The summed E-state index contributed by atoms with van der Waals surface area (Å²) in [6.45, 7) is 4.11. The minimum absolute atomic E-state index is 0.791. The highest BCUT2D eigenvalue weighted by atomic mass is 15.2. The molecule has 1 unspecified atom stereocenters. The van der Waals surface area contributed by atoms with Crippen LogP contribution >= 0.6 is 0 Å². The van der Waals surface area contributed by atoms with Gasteiger partial charge in [0.2, 0.25) is 0 Å². The molecular formula is C11H25N3. The molecule has 0 aromatic heterocycles. The highest BCUT2D eigenvalue weighted by Gasteiger charge is 2.20. The lowest BCUT2D eigenvalue weighted by Crippen LogP contribution is -2.40. The van der Waals surface area contributed by atoms with Crippen LogP contribution in [-0.4, -0.2) is 37.1 Å². The number of piperidine rings is 1. The first-order valence-electron chi connectivity index (χ1n) is 6.02. The Labute approximate surface area is 87.8 Å². The maximum atomic E-state index is 5.55. The summed E-state index contributed by atoms with van der Waals surface area (Å²) in [7, 11) is 0. The lowest BCUT2D eigenvalue weighted by Gasteiger charge is -2.35. The van der Waals surface area contributed by atoms with Gasteiger partial charge in [-0.1, -0.05) is 6.42 Å². The van der Waals surface area contributed by atoms with Crippen LogP contribution in [0.2, 0.25) is 0 Å². The van der Waals surface area contributed by atoms with Gasteiger partial charge >= 0.3 is 0 Å². The zero-order valence-corrected chi connectivity index (χ0v) is 9.25. The standard InChI is InChI=1S/C11H25N3/c12-7-3-6-11-5-1-2-9-14(11)10-4-8-13/h11H,1-10,12-13H2. The minimum atomic E-state index is 0.791. The van der Waals surface area contributed by atoms with Crippen LogP contribution in [0.25, 0.3) is 0 Å². The van der Waals surface area contributed by atoms with Crippen LogP contribution in [0.1, 0.15) is 38.5 Å². The largest absolute Gasteiger partial charge is 0.330 e. The predicted molar refractivity (Wildman–Crippen MR) is 61.2 cm³/mol. The summed E-state index contributed by atoms with van der Waals surface area (Å²) in [5.41, 5.74) is 11.1. The molecule has 0 saturated carbocycles. The molecule has 1 rings (SSSR count). The van der Waals surface area contributed by atoms with Gasteiger partial charge in [-0.2, -0.15) is 0 Å². The highest BCUT2D eigenvalue weighted by molar-refractivity contribution is 4.76. The summed E-state index contributed by atoms with van der Waals surface area (Å²) in [4.78, 5) is 2.62. The second-order valence-corrected chi connectivity index (χ2v) is 4.26. The van der Waals surface area contributed by atoms with Gasteiger partial charge in [0.15, 0.2) is 0 Å². The smallest absolute Gasteiger partial charge is 0.00957 e. The molecule has 0 aromatic carbocycles. The van der Waals surface area contributed by atoms with E-state index in [1.54, 1.807) is 0 Å². The van der Waals surface area contributed by atoms with Crippen LogP contribution in [0.5, 0.6) is 0 Å². The third kappa shape index (κ3) is 3.95. The predicted octanol–water partition coefficient (Wildman–Crippen LogP) is 0.929. The van der Waals surface area contributed by atoms with Crippen molar-refractivity contribution in [2.24, 2.45) is 11.5 Å². The summed E-state index contributed by atoms with van der Waals surface area (Å²) in [6.07, 6.45) is 7.71. The fraction of sp³-hybridized carbons (Fsp3) is 1.00. The van der Waals surface area contributed by atoms with E-state index in [2.05, 4.69) is 4.90 Å². The Hall–Kier alpha value is -0.120. The van der Waals surface area contributed by atoms with Gasteiger partial charge < -0.3 is 16.4 Å². The molecule has 0 spiro atoms. The van der Waals surface area contributed by atoms with Crippen molar-refractivity contribution in [3.05, 3.63) is 0 Å². The lowest BCUT2D eigenvalue weighted by atomic mass is 9.98. The Kier molecular flexibility index (Phi) is 6.15. The van der Waals surface area contributed by atoms with Crippen LogP contribution in [0.4, 0.5) is 0 Å². The molecule has 1 atom stereocenters. The second-order valence-electron chi connectivity index (χ2n) is 4.26. The van der Waals surface area contributed by atoms with Crippen molar-refractivity contribution in [3.8, 4) is 0 Å². The average molecular weight is 199 g/mol. The van der Waals surface area contributed by atoms with E-state index in [1.165, 1.54) is 45.2 Å². The van der Waals surface area contributed by atoms with Gasteiger partial charge in [-0.05, 0) is 58.3 Å². The molecule has 0 bridgehead atoms. The van der Waals surface area contributed by atoms with Crippen LogP contribution in [0.15, 0.2) is 0 Å². The first-order valence-corrected chi connectivity index (χ1v) is 6.02. The van der Waals surface area contributed by atoms with Gasteiger partial charge in [-0.3, -0.25) is 0 Å². The third-order valence-electron chi connectivity index (χ3n) is 3.14. The first-order chi connectivity index (χ1) is 6.88. The first kappa shape index (κ1) is 12.0. The highest BCUT2D eigenvalue weighted by Crippen LogP contribution is 2.20. The van der Waals surface area contributed by atoms with E-state index in [4.69, 9.17) is 11.5 Å². The Morgan fingerprint density at radius 2 is 1.86 bits per heavy atom. The number of likely N-dealkylation sites (tertiary alicyclic amines) is 1. The number of nitrogens with two attached hydrogens (primary N) is 2. The Bertz CT molecular complexity index is 122. The molecule has 84 valence electrons. The van der Waals surface area contributed by atoms with Gasteiger partial charge in [0.05, 0.1) is 0 Å². The van der Waals surface area contributed by atoms with Crippen molar-refractivity contribution in [2.45, 2.75) is 44.6 Å². The van der Waals surface area contributed by atoms with Crippen molar-refractivity contribution < 1.29 is 0 Å². The molecule has 0 aliphatic carbocycles. The molecule has 1 heterocycles. The van der Waals surface area contributed by atoms with Gasteiger partial charge in [-0.25, -0.2) is 0 Å². The van der Waals surface area contributed by atoms with Crippen LogP contribution in [-0.2, 0) is 0 Å². The van der Waals surface area contributed by atoms with Crippen LogP contribution in [0.3, 0.4) is 0 Å². The molecule has 1 aliphatic heterocycles.